The number of para-hydroxylation sites is 1. The first-order valence-corrected chi connectivity index (χ1v) is 7.57. The Bertz CT molecular complexity index is 348. The quantitative estimate of drug-likeness (QED) is 0.622. The van der Waals surface area contributed by atoms with Crippen molar-refractivity contribution in [3.05, 3.63) is 30.3 Å². The molecule has 0 aliphatic heterocycles. The first-order valence-electron chi connectivity index (χ1n) is 7.57. The van der Waals surface area contributed by atoms with Gasteiger partial charge in [-0.15, -0.1) is 0 Å². The number of carbonyl (C=O) groups excluding carboxylic acids is 1. The third-order valence-electron chi connectivity index (χ3n) is 3.39. The Balaban J connectivity index is 2.14. The van der Waals surface area contributed by atoms with E-state index in [1.807, 2.05) is 30.3 Å². The van der Waals surface area contributed by atoms with E-state index in [4.69, 9.17) is 0 Å². The van der Waals surface area contributed by atoms with E-state index in [9.17, 15) is 4.79 Å². The molecule has 0 saturated carbocycles. The number of anilines is 1. The van der Waals surface area contributed by atoms with Crippen LogP contribution in [-0.2, 0) is 4.79 Å². The summed E-state index contributed by atoms with van der Waals surface area (Å²) in [5.74, 6) is 0.609. The van der Waals surface area contributed by atoms with Gasteiger partial charge in [0.2, 0.25) is 5.91 Å². The van der Waals surface area contributed by atoms with E-state index in [0.717, 1.165) is 12.1 Å². The average molecular weight is 261 g/mol. The molecule has 0 aromatic heterocycles. The fourth-order valence-corrected chi connectivity index (χ4v) is 2.25. The molecule has 0 bridgehead atoms. The molecule has 1 N–H and O–H groups in total. The van der Waals surface area contributed by atoms with Crippen LogP contribution in [-0.4, -0.2) is 5.91 Å². The van der Waals surface area contributed by atoms with Gasteiger partial charge in [0.25, 0.3) is 0 Å². The van der Waals surface area contributed by atoms with Crippen molar-refractivity contribution in [1.82, 2.24) is 0 Å². The number of hydrogen-bond acceptors (Lipinski definition) is 1. The number of unbranched alkanes of at least 4 members (excludes halogenated alkanes) is 4. The molecule has 2 nitrogen and oxygen atoms in total. The molecule has 2 heteroatoms. The zero-order valence-electron chi connectivity index (χ0n) is 12.3. The molecule has 0 spiro atoms. The Morgan fingerprint density at radius 1 is 1.11 bits per heavy atom. The molecule has 1 amide bonds. The fourth-order valence-electron chi connectivity index (χ4n) is 2.25. The van der Waals surface area contributed by atoms with Crippen molar-refractivity contribution in [1.29, 1.82) is 0 Å². The summed E-state index contributed by atoms with van der Waals surface area (Å²) in [6.45, 7) is 4.40. The zero-order valence-corrected chi connectivity index (χ0v) is 12.3. The molecule has 0 heterocycles. The lowest BCUT2D eigenvalue weighted by atomic mass is 9.99. The van der Waals surface area contributed by atoms with Gasteiger partial charge in [-0.25, -0.2) is 0 Å². The van der Waals surface area contributed by atoms with Crippen LogP contribution >= 0.6 is 0 Å². The summed E-state index contributed by atoms with van der Waals surface area (Å²) in [5.41, 5.74) is 0.891. The van der Waals surface area contributed by atoms with Crippen LogP contribution in [0.3, 0.4) is 0 Å². The van der Waals surface area contributed by atoms with Crippen molar-refractivity contribution in [2.75, 3.05) is 5.32 Å². The van der Waals surface area contributed by atoms with Crippen LogP contribution in [0.5, 0.6) is 0 Å². The second kappa shape index (κ2) is 9.60. The van der Waals surface area contributed by atoms with E-state index in [0.29, 0.717) is 12.3 Å². The van der Waals surface area contributed by atoms with Crippen LogP contribution in [0.1, 0.15) is 58.8 Å². The van der Waals surface area contributed by atoms with Crippen LogP contribution in [0.15, 0.2) is 30.3 Å². The van der Waals surface area contributed by atoms with Gasteiger partial charge in [0.05, 0.1) is 0 Å². The van der Waals surface area contributed by atoms with Crippen LogP contribution in [0.4, 0.5) is 5.69 Å². The third-order valence-corrected chi connectivity index (χ3v) is 3.39. The number of rotatable bonds is 9. The first kappa shape index (κ1) is 15.7. The highest BCUT2D eigenvalue weighted by atomic mass is 16.1. The minimum Gasteiger partial charge on any atom is -0.326 e. The van der Waals surface area contributed by atoms with E-state index in [1.165, 1.54) is 32.1 Å². The standard InChI is InChI=1S/C17H27NO/c1-3-4-5-6-8-11-15(2)14-17(19)18-16-12-9-7-10-13-16/h7,9-10,12-13,15H,3-6,8,11,14H2,1-2H3,(H,18,19)/t15-/m1/s1. The predicted octanol–water partition coefficient (Wildman–Crippen LogP) is 5.01. The van der Waals surface area contributed by atoms with Gasteiger partial charge in [0.15, 0.2) is 0 Å². The van der Waals surface area contributed by atoms with Gasteiger partial charge in [-0.05, 0) is 18.1 Å². The molecule has 19 heavy (non-hydrogen) atoms. The van der Waals surface area contributed by atoms with Crippen LogP contribution in [0, 0.1) is 5.92 Å². The van der Waals surface area contributed by atoms with Crippen LogP contribution in [0.2, 0.25) is 0 Å². The molecular formula is C17H27NO. The summed E-state index contributed by atoms with van der Waals surface area (Å²) in [5, 5.41) is 2.94. The number of nitrogens with one attached hydrogen (secondary N) is 1. The number of carbonyl (C=O) groups is 1. The highest BCUT2D eigenvalue weighted by Crippen LogP contribution is 2.15. The maximum atomic E-state index is 11.8. The minimum atomic E-state index is 0.132. The molecule has 0 aliphatic rings. The number of hydrogen-bond donors (Lipinski definition) is 1. The first-order chi connectivity index (χ1) is 9.22. The molecule has 1 aromatic carbocycles. The second-order valence-electron chi connectivity index (χ2n) is 5.43. The predicted molar refractivity (Wildman–Crippen MR) is 82.2 cm³/mol. The molecular weight excluding hydrogens is 234 g/mol. The lowest BCUT2D eigenvalue weighted by molar-refractivity contribution is -0.117. The van der Waals surface area contributed by atoms with E-state index < -0.39 is 0 Å². The summed E-state index contributed by atoms with van der Waals surface area (Å²) in [7, 11) is 0. The molecule has 1 rings (SSSR count). The third kappa shape index (κ3) is 7.66. The van der Waals surface area contributed by atoms with Crippen molar-refractivity contribution in [3.8, 4) is 0 Å². The van der Waals surface area contributed by atoms with E-state index in [1.54, 1.807) is 0 Å². The van der Waals surface area contributed by atoms with Crippen LogP contribution < -0.4 is 5.32 Å². The van der Waals surface area contributed by atoms with E-state index in [2.05, 4.69) is 19.2 Å². The van der Waals surface area contributed by atoms with Crippen molar-refractivity contribution in [3.63, 3.8) is 0 Å². The molecule has 0 saturated heterocycles. The van der Waals surface area contributed by atoms with Gasteiger partial charge in [0, 0.05) is 12.1 Å². The summed E-state index contributed by atoms with van der Waals surface area (Å²) in [6, 6.07) is 9.68. The lowest BCUT2D eigenvalue weighted by Crippen LogP contribution is -2.15. The summed E-state index contributed by atoms with van der Waals surface area (Å²) < 4.78 is 0. The fraction of sp³-hybridized carbons (Fsp3) is 0.588. The molecule has 1 atom stereocenters. The Morgan fingerprint density at radius 3 is 2.47 bits per heavy atom. The second-order valence-corrected chi connectivity index (χ2v) is 5.43. The van der Waals surface area contributed by atoms with E-state index >= 15 is 0 Å². The molecule has 0 unspecified atom stereocenters. The highest BCUT2D eigenvalue weighted by molar-refractivity contribution is 5.90. The Hall–Kier alpha value is -1.31. The lowest BCUT2D eigenvalue weighted by Gasteiger charge is -2.11. The molecule has 0 fully saturated rings. The summed E-state index contributed by atoms with van der Waals surface area (Å²) >= 11 is 0. The monoisotopic (exact) mass is 261 g/mol. The highest BCUT2D eigenvalue weighted by Gasteiger charge is 2.08. The number of amides is 1. The minimum absolute atomic E-state index is 0.132. The molecule has 0 radical (unpaired) electrons. The van der Waals surface area contributed by atoms with Crippen molar-refractivity contribution in [2.45, 2.75) is 58.8 Å². The van der Waals surface area contributed by atoms with Gasteiger partial charge < -0.3 is 5.32 Å². The van der Waals surface area contributed by atoms with Gasteiger partial charge in [-0.2, -0.15) is 0 Å². The zero-order chi connectivity index (χ0) is 13.9. The largest absolute Gasteiger partial charge is 0.326 e. The summed E-state index contributed by atoms with van der Waals surface area (Å²) in [6.07, 6.45) is 8.30. The summed E-state index contributed by atoms with van der Waals surface area (Å²) in [4.78, 5) is 11.8. The molecule has 1 aromatic rings. The average Bonchev–Trinajstić information content (AvgIpc) is 2.39. The topological polar surface area (TPSA) is 29.1 Å². The Labute approximate surface area is 117 Å². The number of benzene rings is 1. The SMILES string of the molecule is CCCCCCC[C@@H](C)CC(=O)Nc1ccccc1. The maximum absolute atomic E-state index is 11.8. The van der Waals surface area contributed by atoms with E-state index in [-0.39, 0.29) is 5.91 Å². The molecule has 106 valence electrons. The van der Waals surface area contributed by atoms with Gasteiger partial charge in [-0.3, -0.25) is 4.79 Å². The van der Waals surface area contributed by atoms with Gasteiger partial charge >= 0.3 is 0 Å². The van der Waals surface area contributed by atoms with Crippen molar-refractivity contribution < 1.29 is 4.79 Å². The van der Waals surface area contributed by atoms with Gasteiger partial charge in [0.1, 0.15) is 0 Å². The Morgan fingerprint density at radius 2 is 1.79 bits per heavy atom. The van der Waals surface area contributed by atoms with Crippen molar-refractivity contribution in [2.24, 2.45) is 5.92 Å². The van der Waals surface area contributed by atoms with Crippen molar-refractivity contribution >= 4 is 11.6 Å². The maximum Gasteiger partial charge on any atom is 0.224 e. The van der Waals surface area contributed by atoms with Gasteiger partial charge in [-0.1, -0.05) is 70.6 Å². The smallest absolute Gasteiger partial charge is 0.224 e. The van der Waals surface area contributed by atoms with Crippen LogP contribution in [0.25, 0.3) is 0 Å². The normalized spacial score (nSPS) is 12.1. The Kier molecular flexibility index (Phi) is 7.95. The molecule has 0 aliphatic carbocycles.